The number of carboxylic acid groups (broad SMARTS) is 1. The van der Waals surface area contributed by atoms with Gasteiger partial charge in [0.15, 0.2) is 11.6 Å². The summed E-state index contributed by atoms with van der Waals surface area (Å²) in [7, 11) is 0. The van der Waals surface area contributed by atoms with Crippen LogP contribution in [-0.4, -0.2) is 16.2 Å². The zero-order chi connectivity index (χ0) is 13.8. The lowest BCUT2D eigenvalue weighted by atomic mass is 10.3. The van der Waals surface area contributed by atoms with Gasteiger partial charge in [-0.2, -0.15) is 0 Å². The molecule has 0 saturated heterocycles. The second-order valence-corrected chi connectivity index (χ2v) is 3.88. The average molecular weight is 283 g/mol. The van der Waals surface area contributed by atoms with E-state index in [1.165, 1.54) is 30.5 Å². The minimum Gasteiger partial charge on any atom is -0.465 e. The Balaban J connectivity index is 2.19. The number of halogens is 2. The van der Waals surface area contributed by atoms with Crippen molar-refractivity contribution in [2.75, 3.05) is 5.32 Å². The number of rotatable bonds is 3. The van der Waals surface area contributed by atoms with Crippen molar-refractivity contribution in [2.45, 2.75) is 0 Å². The number of hydrogen-bond donors (Lipinski definition) is 2. The third-order valence-electron chi connectivity index (χ3n) is 2.11. The Kier molecular flexibility index (Phi) is 3.82. The largest absolute Gasteiger partial charge is 0.465 e. The first-order valence-electron chi connectivity index (χ1n) is 5.13. The Morgan fingerprint density at radius 1 is 1.37 bits per heavy atom. The summed E-state index contributed by atoms with van der Waals surface area (Å²) in [5.74, 6) is -0.407. The maximum Gasteiger partial charge on any atom is 0.409 e. The van der Waals surface area contributed by atoms with E-state index in [1.807, 2.05) is 5.32 Å². The molecule has 0 atom stereocenters. The predicted molar refractivity (Wildman–Crippen MR) is 67.4 cm³/mol. The van der Waals surface area contributed by atoms with E-state index >= 15 is 0 Å². The first-order chi connectivity index (χ1) is 9.04. The summed E-state index contributed by atoms with van der Waals surface area (Å²) < 4.78 is 19.0. The van der Waals surface area contributed by atoms with Gasteiger partial charge in [0.2, 0.25) is 0 Å². The lowest BCUT2D eigenvalue weighted by molar-refractivity contribution is 0.209. The fraction of sp³-hybridized carbons (Fsp3) is 0. The van der Waals surface area contributed by atoms with Gasteiger partial charge in [-0.25, -0.2) is 14.2 Å². The molecule has 0 aliphatic rings. The Labute approximate surface area is 112 Å². The quantitative estimate of drug-likeness (QED) is 0.841. The van der Waals surface area contributed by atoms with Crippen LogP contribution in [-0.2, 0) is 0 Å². The number of nitrogens with zero attached hydrogens (tertiary/aromatic N) is 1. The number of amides is 1. The van der Waals surface area contributed by atoms with Crippen molar-refractivity contribution in [2.24, 2.45) is 0 Å². The Hall–Kier alpha value is -2.34. The molecule has 5 nitrogen and oxygen atoms in total. The number of ether oxygens (including phenoxy) is 1. The van der Waals surface area contributed by atoms with Gasteiger partial charge >= 0.3 is 6.09 Å². The van der Waals surface area contributed by atoms with Gasteiger partial charge in [0, 0.05) is 24.0 Å². The number of benzene rings is 1. The molecule has 0 aliphatic heterocycles. The van der Waals surface area contributed by atoms with Crippen molar-refractivity contribution >= 4 is 23.4 Å². The van der Waals surface area contributed by atoms with Crippen LogP contribution in [0.2, 0.25) is 5.15 Å². The molecule has 1 aromatic heterocycles. The average Bonchev–Trinajstić information content (AvgIpc) is 2.32. The normalized spacial score (nSPS) is 10.0. The fourth-order valence-electron chi connectivity index (χ4n) is 1.36. The van der Waals surface area contributed by atoms with Crippen LogP contribution >= 0.6 is 11.6 Å². The van der Waals surface area contributed by atoms with Gasteiger partial charge < -0.3 is 9.84 Å². The molecule has 19 heavy (non-hydrogen) atoms. The topological polar surface area (TPSA) is 71.5 Å². The fourth-order valence-corrected chi connectivity index (χ4v) is 1.52. The van der Waals surface area contributed by atoms with E-state index in [9.17, 15) is 9.18 Å². The number of nitrogens with one attached hydrogen (secondary N) is 1. The first-order valence-corrected chi connectivity index (χ1v) is 5.51. The zero-order valence-corrected chi connectivity index (χ0v) is 10.2. The van der Waals surface area contributed by atoms with Crippen molar-refractivity contribution in [3.05, 3.63) is 47.5 Å². The molecule has 0 aliphatic carbocycles. The number of hydrogen-bond acceptors (Lipinski definition) is 3. The summed E-state index contributed by atoms with van der Waals surface area (Å²) in [4.78, 5) is 14.2. The lowest BCUT2D eigenvalue weighted by Crippen LogP contribution is -2.07. The van der Waals surface area contributed by atoms with Gasteiger partial charge in [-0.05, 0) is 18.2 Å². The van der Waals surface area contributed by atoms with E-state index in [2.05, 4.69) is 4.98 Å². The molecule has 1 heterocycles. The molecule has 2 N–H and O–H groups in total. The molecule has 7 heteroatoms. The number of pyridine rings is 1. The van der Waals surface area contributed by atoms with Crippen LogP contribution < -0.4 is 10.1 Å². The molecule has 98 valence electrons. The molecule has 2 rings (SSSR count). The van der Waals surface area contributed by atoms with E-state index in [0.29, 0.717) is 5.75 Å². The predicted octanol–water partition coefficient (Wildman–Crippen LogP) is 3.76. The SMILES string of the molecule is O=C(O)Nc1ccc(Oc2ccnc(Cl)c2)c(F)c1. The summed E-state index contributed by atoms with van der Waals surface area (Å²) in [5, 5.41) is 10.8. The van der Waals surface area contributed by atoms with Crippen molar-refractivity contribution in [1.29, 1.82) is 0 Å². The maximum atomic E-state index is 13.7. The van der Waals surface area contributed by atoms with Gasteiger partial charge in [-0.15, -0.1) is 0 Å². The monoisotopic (exact) mass is 282 g/mol. The highest BCUT2D eigenvalue weighted by Crippen LogP contribution is 2.27. The smallest absolute Gasteiger partial charge is 0.409 e. The van der Waals surface area contributed by atoms with Gasteiger partial charge in [0.05, 0.1) is 0 Å². The number of anilines is 1. The van der Waals surface area contributed by atoms with E-state index < -0.39 is 11.9 Å². The molecule has 0 radical (unpaired) electrons. The molecule has 0 unspecified atom stereocenters. The molecule has 1 amide bonds. The van der Waals surface area contributed by atoms with Gasteiger partial charge in [0.1, 0.15) is 10.9 Å². The maximum absolute atomic E-state index is 13.7. The van der Waals surface area contributed by atoms with Gasteiger partial charge in [-0.1, -0.05) is 11.6 Å². The number of aromatic nitrogens is 1. The van der Waals surface area contributed by atoms with Crippen LogP contribution in [0, 0.1) is 5.82 Å². The van der Waals surface area contributed by atoms with E-state index in [1.54, 1.807) is 0 Å². The highest BCUT2D eigenvalue weighted by atomic mass is 35.5. The zero-order valence-electron chi connectivity index (χ0n) is 9.43. The van der Waals surface area contributed by atoms with Crippen molar-refractivity contribution in [1.82, 2.24) is 4.98 Å². The van der Waals surface area contributed by atoms with Crippen molar-refractivity contribution in [3.63, 3.8) is 0 Å². The summed E-state index contributed by atoms with van der Waals surface area (Å²) >= 11 is 5.67. The molecule has 1 aromatic carbocycles. The highest BCUT2D eigenvalue weighted by Gasteiger charge is 2.08. The summed E-state index contributed by atoms with van der Waals surface area (Å²) in [6, 6.07) is 6.68. The molecule has 0 fully saturated rings. The second-order valence-electron chi connectivity index (χ2n) is 3.49. The third kappa shape index (κ3) is 3.56. The van der Waals surface area contributed by atoms with E-state index in [0.717, 1.165) is 6.07 Å². The standard InChI is InChI=1S/C12H8ClFN2O3/c13-11-6-8(3-4-15-11)19-10-2-1-7(5-9(10)14)16-12(17)18/h1-6,16H,(H,17,18). The molecule has 2 aromatic rings. The van der Waals surface area contributed by atoms with Crippen LogP contribution in [0.4, 0.5) is 14.9 Å². The minimum absolute atomic E-state index is 0.0433. The summed E-state index contributed by atoms with van der Waals surface area (Å²) in [6.07, 6.45) is 0.157. The van der Waals surface area contributed by atoms with E-state index in [4.69, 9.17) is 21.4 Å². The van der Waals surface area contributed by atoms with Crippen LogP contribution in [0.25, 0.3) is 0 Å². The molecule has 0 bridgehead atoms. The van der Waals surface area contributed by atoms with Crippen molar-refractivity contribution < 1.29 is 19.0 Å². The Morgan fingerprint density at radius 2 is 2.16 bits per heavy atom. The van der Waals surface area contributed by atoms with Gasteiger partial charge in [-0.3, -0.25) is 5.32 Å². The summed E-state index contributed by atoms with van der Waals surface area (Å²) in [6.45, 7) is 0. The lowest BCUT2D eigenvalue weighted by Gasteiger charge is -2.08. The van der Waals surface area contributed by atoms with Crippen LogP contribution in [0.5, 0.6) is 11.5 Å². The Morgan fingerprint density at radius 3 is 2.79 bits per heavy atom. The van der Waals surface area contributed by atoms with Crippen molar-refractivity contribution in [3.8, 4) is 11.5 Å². The Bertz CT molecular complexity index is 622. The second kappa shape index (κ2) is 5.53. The highest BCUT2D eigenvalue weighted by molar-refractivity contribution is 6.29. The first kappa shape index (κ1) is 13.1. The third-order valence-corrected chi connectivity index (χ3v) is 2.32. The van der Waals surface area contributed by atoms with Crippen LogP contribution in [0.3, 0.4) is 0 Å². The van der Waals surface area contributed by atoms with Gasteiger partial charge in [0.25, 0.3) is 0 Å². The van der Waals surface area contributed by atoms with Crippen LogP contribution in [0.1, 0.15) is 0 Å². The van der Waals surface area contributed by atoms with Crippen LogP contribution in [0.15, 0.2) is 36.5 Å². The molecular formula is C12H8ClFN2O3. The van der Waals surface area contributed by atoms with E-state index in [-0.39, 0.29) is 16.6 Å². The molecular weight excluding hydrogens is 275 g/mol. The number of carbonyl (C=O) groups is 1. The molecule has 0 saturated carbocycles. The summed E-state index contributed by atoms with van der Waals surface area (Å²) in [5.41, 5.74) is 0.116. The molecule has 0 spiro atoms. The minimum atomic E-state index is -1.27.